The van der Waals surface area contributed by atoms with Gasteiger partial charge < -0.3 is 25.2 Å². The number of benzene rings is 2. The van der Waals surface area contributed by atoms with Crippen LogP contribution in [0.3, 0.4) is 0 Å². The average molecular weight is 336 g/mol. The lowest BCUT2D eigenvalue weighted by molar-refractivity contribution is -0.106. The van der Waals surface area contributed by atoms with Crippen LogP contribution in [0.5, 0.6) is 23.0 Å². The summed E-state index contributed by atoms with van der Waals surface area (Å²) in [5, 5.41) is 8.70. The molecule has 0 bridgehead atoms. The van der Waals surface area contributed by atoms with Crippen LogP contribution >= 0.6 is 0 Å². The van der Waals surface area contributed by atoms with Gasteiger partial charge in [0.15, 0.2) is 11.5 Å². The van der Waals surface area contributed by atoms with E-state index in [1.807, 2.05) is 0 Å². The fourth-order valence-electron chi connectivity index (χ4n) is 2.00. The Bertz CT molecular complexity index is 666. The number of hydrogen-bond donors (Lipinski definition) is 3. The molecule has 24 heavy (non-hydrogen) atoms. The number of fused-ring (bicyclic) bond motifs is 1. The van der Waals surface area contributed by atoms with Gasteiger partial charge in [-0.2, -0.15) is 0 Å². The van der Waals surface area contributed by atoms with Crippen molar-refractivity contribution in [3.8, 4) is 23.0 Å². The number of amides is 1. The molecule has 1 atom stereocenters. The Hall–Kier alpha value is -2.84. The predicted molar refractivity (Wildman–Crippen MR) is 82.9 cm³/mol. The summed E-state index contributed by atoms with van der Waals surface area (Å²) in [6.45, 7) is 0.626. The molecule has 0 spiro atoms. The van der Waals surface area contributed by atoms with Crippen molar-refractivity contribution < 1.29 is 28.6 Å². The van der Waals surface area contributed by atoms with E-state index in [1.54, 1.807) is 30.3 Å². The molecular formula is C16H17FN2O5. The minimum Gasteiger partial charge on any atom is -0.486 e. The molecule has 4 N–H and O–H groups in total. The van der Waals surface area contributed by atoms with Crippen LogP contribution in [0.4, 0.5) is 4.39 Å². The van der Waals surface area contributed by atoms with Gasteiger partial charge in [0.2, 0.25) is 6.41 Å². The summed E-state index contributed by atoms with van der Waals surface area (Å²) < 4.78 is 29.7. The fourth-order valence-corrected chi connectivity index (χ4v) is 2.00. The highest BCUT2D eigenvalue weighted by molar-refractivity contribution is 5.47. The Morgan fingerprint density at radius 2 is 1.92 bits per heavy atom. The van der Waals surface area contributed by atoms with Crippen molar-refractivity contribution in [2.24, 2.45) is 5.73 Å². The third-order valence-corrected chi connectivity index (χ3v) is 3.00. The van der Waals surface area contributed by atoms with Gasteiger partial charge in [0.05, 0.1) is 6.54 Å². The van der Waals surface area contributed by atoms with Gasteiger partial charge in [-0.15, -0.1) is 0 Å². The number of hydrogen-bond acceptors (Lipinski definition) is 6. The van der Waals surface area contributed by atoms with Crippen molar-refractivity contribution in [2.45, 2.75) is 6.10 Å². The predicted octanol–water partition coefficient (Wildman–Crippen LogP) is 1.84. The number of hydroxylamine groups is 1. The molecule has 2 aromatic carbocycles. The van der Waals surface area contributed by atoms with Gasteiger partial charge >= 0.3 is 0 Å². The molecule has 1 unspecified atom stereocenters. The second-order valence-electron chi connectivity index (χ2n) is 4.71. The Morgan fingerprint density at radius 1 is 1.25 bits per heavy atom. The van der Waals surface area contributed by atoms with Gasteiger partial charge in [-0.3, -0.25) is 4.79 Å². The Balaban J connectivity index is 0.000000647. The lowest BCUT2D eigenvalue weighted by Crippen LogP contribution is -2.37. The maximum Gasteiger partial charge on any atom is 0.204 e. The normalized spacial score (nSPS) is 15.0. The minimum atomic E-state index is -0.316. The lowest BCUT2D eigenvalue weighted by atomic mass is 10.2. The van der Waals surface area contributed by atoms with E-state index in [2.05, 4.69) is 11.2 Å². The summed E-state index contributed by atoms with van der Waals surface area (Å²) in [5.41, 5.74) is 6.22. The highest BCUT2D eigenvalue weighted by atomic mass is 19.1. The molecule has 1 aliphatic heterocycles. The van der Waals surface area contributed by atoms with Crippen molar-refractivity contribution in [2.75, 3.05) is 13.2 Å². The van der Waals surface area contributed by atoms with Crippen LogP contribution in [-0.2, 0) is 4.79 Å². The largest absolute Gasteiger partial charge is 0.486 e. The van der Waals surface area contributed by atoms with E-state index in [0.29, 0.717) is 29.6 Å². The zero-order valence-corrected chi connectivity index (χ0v) is 12.6. The molecule has 2 aromatic rings. The third kappa shape index (κ3) is 4.83. The van der Waals surface area contributed by atoms with Crippen molar-refractivity contribution in [1.82, 2.24) is 5.48 Å². The number of halogens is 1. The highest BCUT2D eigenvalue weighted by Gasteiger charge is 2.21. The summed E-state index contributed by atoms with van der Waals surface area (Å²) in [7, 11) is 0. The number of nitrogens with two attached hydrogens (primary N) is 1. The number of primary amides is 1. The number of carbonyl (C=O) groups excluding carboxylic acids is 1. The van der Waals surface area contributed by atoms with E-state index in [1.165, 1.54) is 12.1 Å². The number of ether oxygens (including phenoxy) is 3. The standard InChI is InChI=1S/C15H14FNO4.CH3NO/c16-10-1-3-11(4-2-10)20-12-5-6-14-15(7-12)21-13(8-17-18)9-19-14;2-1-3/h1-7,13,17-18H,8-9H2;1H,(H2,2,3). The van der Waals surface area contributed by atoms with E-state index >= 15 is 0 Å². The van der Waals surface area contributed by atoms with Crippen molar-refractivity contribution in [3.63, 3.8) is 0 Å². The molecule has 0 aromatic heterocycles. The van der Waals surface area contributed by atoms with Gasteiger partial charge in [0.1, 0.15) is 30.0 Å². The summed E-state index contributed by atoms with van der Waals surface area (Å²) in [4.78, 5) is 8.58. The van der Waals surface area contributed by atoms with E-state index in [9.17, 15) is 4.39 Å². The third-order valence-electron chi connectivity index (χ3n) is 3.00. The Morgan fingerprint density at radius 3 is 2.58 bits per heavy atom. The molecule has 1 aliphatic rings. The van der Waals surface area contributed by atoms with Crippen LogP contribution in [0.15, 0.2) is 42.5 Å². The average Bonchev–Trinajstić information content (AvgIpc) is 2.58. The second-order valence-corrected chi connectivity index (χ2v) is 4.71. The molecule has 0 aliphatic carbocycles. The van der Waals surface area contributed by atoms with E-state index in [0.717, 1.165) is 0 Å². The van der Waals surface area contributed by atoms with Crippen LogP contribution in [0.25, 0.3) is 0 Å². The molecule has 1 amide bonds. The van der Waals surface area contributed by atoms with Gasteiger partial charge in [0.25, 0.3) is 0 Å². The molecule has 3 rings (SSSR count). The van der Waals surface area contributed by atoms with Crippen molar-refractivity contribution in [1.29, 1.82) is 0 Å². The van der Waals surface area contributed by atoms with Crippen LogP contribution in [0, 0.1) is 5.82 Å². The number of carbonyl (C=O) groups is 1. The molecular weight excluding hydrogens is 319 g/mol. The van der Waals surface area contributed by atoms with Gasteiger partial charge in [-0.1, -0.05) is 0 Å². The molecule has 8 heteroatoms. The molecule has 0 saturated carbocycles. The summed E-state index contributed by atoms with van der Waals surface area (Å²) >= 11 is 0. The monoisotopic (exact) mass is 336 g/mol. The van der Waals surface area contributed by atoms with Gasteiger partial charge in [-0.05, 0) is 36.4 Å². The van der Waals surface area contributed by atoms with Crippen LogP contribution < -0.4 is 25.4 Å². The SMILES string of the molecule is NC=O.ONCC1COc2ccc(Oc3ccc(F)cc3)cc2O1. The molecule has 0 fully saturated rings. The zero-order valence-electron chi connectivity index (χ0n) is 12.6. The van der Waals surface area contributed by atoms with E-state index in [-0.39, 0.29) is 24.9 Å². The second kappa shape index (κ2) is 8.70. The maximum absolute atomic E-state index is 12.8. The smallest absolute Gasteiger partial charge is 0.204 e. The number of nitrogens with one attached hydrogen (secondary N) is 1. The molecule has 0 saturated heterocycles. The van der Waals surface area contributed by atoms with Gasteiger partial charge in [-0.25, -0.2) is 9.87 Å². The van der Waals surface area contributed by atoms with E-state index < -0.39 is 0 Å². The minimum absolute atomic E-state index is 0.250. The first-order valence-corrected chi connectivity index (χ1v) is 7.05. The van der Waals surface area contributed by atoms with Crippen molar-refractivity contribution in [3.05, 3.63) is 48.3 Å². The first-order valence-electron chi connectivity index (χ1n) is 7.05. The van der Waals surface area contributed by atoms with Crippen LogP contribution in [0.1, 0.15) is 0 Å². The zero-order chi connectivity index (χ0) is 17.4. The molecule has 128 valence electrons. The first-order chi connectivity index (χ1) is 11.7. The van der Waals surface area contributed by atoms with E-state index in [4.69, 9.17) is 24.2 Å². The summed E-state index contributed by atoms with van der Waals surface area (Å²) in [5.74, 6) is 1.93. The fraction of sp³-hybridized carbons (Fsp3) is 0.188. The molecule has 7 nitrogen and oxygen atoms in total. The Kier molecular flexibility index (Phi) is 6.35. The quantitative estimate of drug-likeness (QED) is 0.581. The molecule has 0 radical (unpaired) electrons. The topological polar surface area (TPSA) is 103 Å². The Labute approximate surface area is 137 Å². The first kappa shape index (κ1) is 17.5. The number of rotatable bonds is 4. The van der Waals surface area contributed by atoms with Gasteiger partial charge in [0, 0.05) is 6.07 Å². The van der Waals surface area contributed by atoms with Crippen molar-refractivity contribution >= 4 is 6.41 Å². The summed E-state index contributed by atoms with van der Waals surface area (Å²) in [6.07, 6.45) is -0.0245. The maximum atomic E-state index is 12.8. The summed E-state index contributed by atoms with van der Waals surface area (Å²) in [6, 6.07) is 10.9. The van der Waals surface area contributed by atoms with Crippen LogP contribution in [0.2, 0.25) is 0 Å². The lowest BCUT2D eigenvalue weighted by Gasteiger charge is -2.26. The molecule has 1 heterocycles. The van der Waals surface area contributed by atoms with Crippen LogP contribution in [-0.4, -0.2) is 30.9 Å². The highest BCUT2D eigenvalue weighted by Crippen LogP contribution is 2.36.